The molecule has 2 rings (SSSR count). The maximum Gasteiger partial charge on any atom is -0.0188 e. The molecule has 0 spiro atoms. The van der Waals surface area contributed by atoms with Gasteiger partial charge in [-0.2, -0.15) is 0 Å². The van der Waals surface area contributed by atoms with E-state index in [1.165, 1.54) is 38.5 Å². The van der Waals surface area contributed by atoms with Crippen LogP contribution in [0.4, 0.5) is 0 Å². The van der Waals surface area contributed by atoms with Gasteiger partial charge in [-0.25, -0.2) is 0 Å². The Labute approximate surface area is 94.7 Å². The lowest BCUT2D eigenvalue weighted by Crippen LogP contribution is -1.97. The quantitative estimate of drug-likeness (QED) is 0.562. The first-order chi connectivity index (χ1) is 6.88. The predicted octanol–water partition coefficient (Wildman–Crippen LogP) is 4.93. The lowest BCUT2D eigenvalue weighted by Gasteiger charge is -2.14. The van der Waals surface area contributed by atoms with Crippen LogP contribution in [0.5, 0.6) is 0 Å². The van der Waals surface area contributed by atoms with Crippen LogP contribution in [0.25, 0.3) is 0 Å². The number of aryl methyl sites for hydroxylation is 1. The second kappa shape index (κ2) is 5.95. The van der Waals surface area contributed by atoms with Gasteiger partial charge >= 0.3 is 0 Å². The van der Waals surface area contributed by atoms with Crippen molar-refractivity contribution in [1.29, 1.82) is 0 Å². The molecule has 0 heterocycles. The summed E-state index contributed by atoms with van der Waals surface area (Å²) in [5.74, 6) is 0.768. The summed E-state index contributed by atoms with van der Waals surface area (Å²) in [4.78, 5) is 0. The second-order valence-corrected chi connectivity index (χ2v) is 4.55. The number of hydrogen-bond acceptors (Lipinski definition) is 0. The number of benzene rings is 1. The van der Waals surface area contributed by atoms with E-state index in [2.05, 4.69) is 31.2 Å². The Hall–Kier alpha value is -0.780. The minimum Gasteiger partial charge on any atom is -0.0776 e. The van der Waals surface area contributed by atoms with Crippen molar-refractivity contribution in [1.82, 2.24) is 0 Å². The van der Waals surface area contributed by atoms with E-state index < -0.39 is 0 Å². The molecule has 0 fully saturated rings. The van der Waals surface area contributed by atoms with E-state index in [-0.39, 0.29) is 7.43 Å². The van der Waals surface area contributed by atoms with Crippen LogP contribution in [0.2, 0.25) is 0 Å². The number of fused-ring (bicyclic) bond motifs is 1. The van der Waals surface area contributed by atoms with E-state index >= 15 is 0 Å². The summed E-state index contributed by atoms with van der Waals surface area (Å²) in [7, 11) is 0. The lowest BCUT2D eigenvalue weighted by molar-refractivity contribution is 0.587. The third-order valence-corrected chi connectivity index (χ3v) is 3.42. The van der Waals surface area contributed by atoms with Crippen LogP contribution < -0.4 is 0 Å². The molecular formula is C15H24. The van der Waals surface area contributed by atoms with Crippen LogP contribution in [0.3, 0.4) is 0 Å². The van der Waals surface area contributed by atoms with Gasteiger partial charge in [-0.05, 0) is 36.3 Å². The number of rotatable bonds is 0. The molecule has 0 radical (unpaired) electrons. The molecule has 84 valence electrons. The highest BCUT2D eigenvalue weighted by Crippen LogP contribution is 2.28. The van der Waals surface area contributed by atoms with Crippen molar-refractivity contribution in [2.24, 2.45) is 0 Å². The molecule has 0 nitrogen and oxygen atoms in total. The Morgan fingerprint density at radius 2 is 1.73 bits per heavy atom. The van der Waals surface area contributed by atoms with Crippen molar-refractivity contribution in [3.63, 3.8) is 0 Å². The summed E-state index contributed by atoms with van der Waals surface area (Å²) >= 11 is 0. The Morgan fingerprint density at radius 1 is 1.00 bits per heavy atom. The summed E-state index contributed by atoms with van der Waals surface area (Å²) in [6.45, 7) is 2.38. The van der Waals surface area contributed by atoms with Crippen molar-refractivity contribution >= 4 is 0 Å². The van der Waals surface area contributed by atoms with Crippen molar-refractivity contribution in [2.45, 2.75) is 58.8 Å². The lowest BCUT2D eigenvalue weighted by atomic mass is 9.91. The summed E-state index contributed by atoms with van der Waals surface area (Å²) < 4.78 is 0. The topological polar surface area (TPSA) is 0 Å². The highest BCUT2D eigenvalue weighted by Gasteiger charge is 2.11. The van der Waals surface area contributed by atoms with E-state index in [4.69, 9.17) is 0 Å². The first kappa shape index (κ1) is 12.3. The third-order valence-electron chi connectivity index (χ3n) is 3.42. The van der Waals surface area contributed by atoms with Crippen LogP contribution >= 0.6 is 0 Å². The zero-order valence-corrected chi connectivity index (χ0v) is 9.13. The molecule has 1 aliphatic carbocycles. The van der Waals surface area contributed by atoms with Crippen LogP contribution in [0.15, 0.2) is 24.3 Å². The van der Waals surface area contributed by atoms with Crippen molar-refractivity contribution in [2.75, 3.05) is 0 Å². The van der Waals surface area contributed by atoms with Gasteiger partial charge in [0, 0.05) is 0 Å². The van der Waals surface area contributed by atoms with Crippen LogP contribution in [-0.4, -0.2) is 0 Å². The molecule has 0 amide bonds. The minimum atomic E-state index is 0. The smallest absolute Gasteiger partial charge is 0.0188 e. The monoisotopic (exact) mass is 204 g/mol. The molecular weight excluding hydrogens is 180 g/mol. The van der Waals surface area contributed by atoms with E-state index in [9.17, 15) is 0 Å². The third kappa shape index (κ3) is 3.09. The van der Waals surface area contributed by atoms with Gasteiger partial charge in [0.1, 0.15) is 0 Å². The summed E-state index contributed by atoms with van der Waals surface area (Å²) in [5, 5.41) is 0. The average Bonchev–Trinajstić information content (AvgIpc) is 2.30. The van der Waals surface area contributed by atoms with E-state index in [0.717, 1.165) is 5.92 Å². The fourth-order valence-corrected chi connectivity index (χ4v) is 2.52. The molecule has 1 atom stereocenters. The Balaban J connectivity index is 0.00000112. The molecule has 0 saturated heterocycles. The SMILES string of the molecule is C.CC1CCCCCCc2ccccc21. The Kier molecular flexibility index (Phi) is 4.87. The highest BCUT2D eigenvalue weighted by molar-refractivity contribution is 5.30. The first-order valence-corrected chi connectivity index (χ1v) is 5.96. The predicted molar refractivity (Wildman–Crippen MR) is 68.4 cm³/mol. The average molecular weight is 204 g/mol. The van der Waals surface area contributed by atoms with Gasteiger partial charge < -0.3 is 0 Å². The van der Waals surface area contributed by atoms with Crippen molar-refractivity contribution < 1.29 is 0 Å². The molecule has 1 aromatic carbocycles. The maximum atomic E-state index is 2.38. The largest absolute Gasteiger partial charge is 0.0776 e. The zero-order valence-electron chi connectivity index (χ0n) is 9.13. The van der Waals surface area contributed by atoms with Gasteiger partial charge in [-0.3, -0.25) is 0 Å². The van der Waals surface area contributed by atoms with Crippen molar-refractivity contribution in [3.8, 4) is 0 Å². The molecule has 0 aromatic heterocycles. The summed E-state index contributed by atoms with van der Waals surface area (Å²) in [6, 6.07) is 9.01. The molecule has 1 aromatic rings. The van der Waals surface area contributed by atoms with Crippen LogP contribution in [0, 0.1) is 0 Å². The first-order valence-electron chi connectivity index (χ1n) is 5.96. The normalized spacial score (nSPS) is 21.5. The minimum absolute atomic E-state index is 0. The fraction of sp³-hybridized carbons (Fsp3) is 0.600. The van der Waals surface area contributed by atoms with Gasteiger partial charge in [0.25, 0.3) is 0 Å². The van der Waals surface area contributed by atoms with Crippen LogP contribution in [-0.2, 0) is 6.42 Å². The molecule has 0 bridgehead atoms. The summed E-state index contributed by atoms with van der Waals surface area (Å²) in [6.07, 6.45) is 8.30. The Morgan fingerprint density at radius 3 is 2.60 bits per heavy atom. The van der Waals surface area contributed by atoms with E-state index in [1.807, 2.05) is 0 Å². The molecule has 1 aliphatic rings. The molecule has 0 saturated carbocycles. The molecule has 0 aliphatic heterocycles. The van der Waals surface area contributed by atoms with Gasteiger partial charge in [-0.15, -0.1) is 0 Å². The summed E-state index contributed by atoms with van der Waals surface area (Å²) in [5.41, 5.74) is 3.20. The number of hydrogen-bond donors (Lipinski definition) is 0. The van der Waals surface area contributed by atoms with Gasteiger partial charge in [0.2, 0.25) is 0 Å². The van der Waals surface area contributed by atoms with Gasteiger partial charge in [-0.1, -0.05) is 57.9 Å². The van der Waals surface area contributed by atoms with Crippen LogP contribution in [0.1, 0.15) is 63.5 Å². The zero-order chi connectivity index (χ0) is 9.80. The second-order valence-electron chi connectivity index (χ2n) is 4.55. The molecule has 1 unspecified atom stereocenters. The maximum absolute atomic E-state index is 2.38. The fourth-order valence-electron chi connectivity index (χ4n) is 2.52. The van der Waals surface area contributed by atoms with E-state index in [1.54, 1.807) is 11.1 Å². The Bertz CT molecular complexity index is 288. The van der Waals surface area contributed by atoms with Crippen molar-refractivity contribution in [3.05, 3.63) is 35.4 Å². The van der Waals surface area contributed by atoms with Gasteiger partial charge in [0.05, 0.1) is 0 Å². The molecule has 15 heavy (non-hydrogen) atoms. The van der Waals surface area contributed by atoms with E-state index in [0.29, 0.717) is 0 Å². The molecule has 0 N–H and O–H groups in total. The van der Waals surface area contributed by atoms with Gasteiger partial charge in [0.15, 0.2) is 0 Å². The standard InChI is InChI=1S/C14H20.CH4/c1-12-8-4-2-3-5-9-13-10-6-7-11-14(12)13;/h6-7,10-12H,2-5,8-9H2,1H3;1H4. The highest BCUT2D eigenvalue weighted by atomic mass is 14.2. The molecule has 0 heteroatoms.